The summed E-state index contributed by atoms with van der Waals surface area (Å²) in [6.45, 7) is 3.49. The summed E-state index contributed by atoms with van der Waals surface area (Å²) in [5.41, 5.74) is 2.40. The number of fused-ring (bicyclic) bond motifs is 1. The van der Waals surface area contributed by atoms with Crippen molar-refractivity contribution in [1.29, 1.82) is 0 Å². The van der Waals surface area contributed by atoms with Crippen LogP contribution in [-0.4, -0.2) is 50.0 Å². The number of aryl methyl sites for hydroxylation is 1. The maximum atomic E-state index is 13.8. The number of carbonyl (C=O) groups excluding carboxylic acids is 2. The molecule has 0 bridgehead atoms. The van der Waals surface area contributed by atoms with Gasteiger partial charge in [0.25, 0.3) is 0 Å². The summed E-state index contributed by atoms with van der Waals surface area (Å²) in [6.07, 6.45) is 5.14. The van der Waals surface area contributed by atoms with E-state index >= 15 is 0 Å². The molecule has 0 aliphatic heterocycles. The van der Waals surface area contributed by atoms with Gasteiger partial charge in [-0.25, -0.2) is 8.42 Å². The molecule has 0 radical (unpaired) electrons. The summed E-state index contributed by atoms with van der Waals surface area (Å²) in [6, 6.07) is 20.0. The molecular weight excluding hydrogens is 486 g/mol. The summed E-state index contributed by atoms with van der Waals surface area (Å²) in [5, 5.41) is 4.70. The van der Waals surface area contributed by atoms with Crippen molar-refractivity contribution in [3.63, 3.8) is 0 Å². The topological polar surface area (TPSA) is 86.8 Å². The second-order valence-electron chi connectivity index (χ2n) is 9.94. The second-order valence-corrected chi connectivity index (χ2v) is 11.8. The maximum absolute atomic E-state index is 13.8. The fourth-order valence-electron chi connectivity index (χ4n) is 4.89. The van der Waals surface area contributed by atoms with Gasteiger partial charge in [-0.2, -0.15) is 0 Å². The van der Waals surface area contributed by atoms with Crippen molar-refractivity contribution in [3.05, 3.63) is 77.9 Å². The Morgan fingerprint density at radius 3 is 2.30 bits per heavy atom. The van der Waals surface area contributed by atoms with Crippen LogP contribution in [0.5, 0.6) is 0 Å². The van der Waals surface area contributed by atoms with Gasteiger partial charge in [0.15, 0.2) is 0 Å². The van der Waals surface area contributed by atoms with E-state index in [9.17, 15) is 18.0 Å². The Morgan fingerprint density at radius 1 is 0.973 bits per heavy atom. The number of anilines is 1. The van der Waals surface area contributed by atoms with Gasteiger partial charge >= 0.3 is 0 Å². The van der Waals surface area contributed by atoms with E-state index in [1.54, 1.807) is 19.1 Å². The molecule has 1 aliphatic rings. The number of hydrogen-bond acceptors (Lipinski definition) is 4. The Morgan fingerprint density at radius 2 is 1.62 bits per heavy atom. The van der Waals surface area contributed by atoms with Crippen LogP contribution in [0.1, 0.15) is 43.7 Å². The number of nitrogens with one attached hydrogen (secondary N) is 1. The van der Waals surface area contributed by atoms with Crippen molar-refractivity contribution in [1.82, 2.24) is 10.2 Å². The summed E-state index contributed by atoms with van der Waals surface area (Å²) in [5.74, 6) is -0.656. The van der Waals surface area contributed by atoms with Crippen LogP contribution in [0.3, 0.4) is 0 Å². The molecular formula is C29H35N3O4S. The molecule has 1 aliphatic carbocycles. The lowest BCUT2D eigenvalue weighted by molar-refractivity contribution is -0.139. The lowest BCUT2D eigenvalue weighted by Gasteiger charge is -2.32. The zero-order chi connectivity index (χ0) is 26.6. The van der Waals surface area contributed by atoms with Crippen LogP contribution in [0, 0.1) is 6.92 Å². The summed E-state index contributed by atoms with van der Waals surface area (Å²) < 4.78 is 27.0. The SMILES string of the molecule is Cc1ccc(CN(C(=O)CN(c2cccc3ccccc23)S(C)(=O)=O)[C@@H](C)C(=O)NC2CCCC2)cc1. The van der Waals surface area contributed by atoms with E-state index in [2.05, 4.69) is 5.32 Å². The number of rotatable bonds is 9. The molecule has 37 heavy (non-hydrogen) atoms. The third-order valence-electron chi connectivity index (χ3n) is 7.06. The first-order valence-corrected chi connectivity index (χ1v) is 14.6. The van der Waals surface area contributed by atoms with Gasteiger partial charge < -0.3 is 10.2 Å². The predicted molar refractivity (Wildman–Crippen MR) is 148 cm³/mol. The number of benzene rings is 3. The van der Waals surface area contributed by atoms with Gasteiger partial charge in [0.2, 0.25) is 21.8 Å². The number of nitrogens with zero attached hydrogens (tertiary/aromatic N) is 2. The molecule has 196 valence electrons. The van der Waals surface area contributed by atoms with Gasteiger partial charge in [-0.1, -0.05) is 79.1 Å². The van der Waals surface area contributed by atoms with Crippen LogP contribution in [0.4, 0.5) is 5.69 Å². The zero-order valence-corrected chi connectivity index (χ0v) is 22.5. The fraction of sp³-hybridized carbons (Fsp3) is 0.379. The minimum absolute atomic E-state index is 0.120. The van der Waals surface area contributed by atoms with Crippen molar-refractivity contribution >= 4 is 38.3 Å². The third kappa shape index (κ3) is 6.49. The van der Waals surface area contributed by atoms with Crippen LogP contribution in [0.25, 0.3) is 10.8 Å². The van der Waals surface area contributed by atoms with Crippen molar-refractivity contribution in [2.24, 2.45) is 0 Å². The number of sulfonamides is 1. The molecule has 8 heteroatoms. The highest BCUT2D eigenvalue weighted by atomic mass is 32.2. The highest BCUT2D eigenvalue weighted by molar-refractivity contribution is 7.92. The van der Waals surface area contributed by atoms with E-state index in [-0.39, 0.29) is 18.5 Å². The van der Waals surface area contributed by atoms with Crippen LogP contribution >= 0.6 is 0 Å². The lowest BCUT2D eigenvalue weighted by Crippen LogP contribution is -2.52. The number of amides is 2. The first kappa shape index (κ1) is 26.7. The van der Waals surface area contributed by atoms with Crippen molar-refractivity contribution < 1.29 is 18.0 Å². The normalized spacial score (nSPS) is 14.9. The molecule has 1 saturated carbocycles. The lowest BCUT2D eigenvalue weighted by atomic mass is 10.1. The molecule has 0 aromatic heterocycles. The molecule has 3 aromatic rings. The highest BCUT2D eigenvalue weighted by Crippen LogP contribution is 2.29. The maximum Gasteiger partial charge on any atom is 0.244 e. The van der Waals surface area contributed by atoms with Gasteiger partial charge in [-0.3, -0.25) is 13.9 Å². The molecule has 0 heterocycles. The van der Waals surface area contributed by atoms with Crippen LogP contribution in [0.15, 0.2) is 66.7 Å². The van der Waals surface area contributed by atoms with E-state index in [4.69, 9.17) is 0 Å². The van der Waals surface area contributed by atoms with Gasteiger partial charge in [-0.15, -0.1) is 0 Å². The van der Waals surface area contributed by atoms with E-state index in [1.165, 1.54) is 4.90 Å². The predicted octanol–water partition coefficient (Wildman–Crippen LogP) is 4.39. The molecule has 4 rings (SSSR count). The quantitative estimate of drug-likeness (QED) is 0.453. The van der Waals surface area contributed by atoms with Crippen molar-refractivity contribution in [2.45, 2.75) is 58.2 Å². The average molecular weight is 522 g/mol. The van der Waals surface area contributed by atoms with Crippen molar-refractivity contribution in [3.8, 4) is 0 Å². The fourth-order valence-corrected chi connectivity index (χ4v) is 5.75. The van der Waals surface area contributed by atoms with Crippen LogP contribution in [-0.2, 0) is 26.2 Å². The largest absolute Gasteiger partial charge is 0.352 e. The Kier molecular flexibility index (Phi) is 8.17. The third-order valence-corrected chi connectivity index (χ3v) is 8.18. The molecule has 1 N–H and O–H groups in total. The van der Waals surface area contributed by atoms with E-state index in [0.29, 0.717) is 5.69 Å². The molecule has 1 fully saturated rings. The van der Waals surface area contributed by atoms with E-state index < -0.39 is 28.5 Å². The average Bonchev–Trinajstić information content (AvgIpc) is 3.38. The van der Waals surface area contributed by atoms with E-state index in [0.717, 1.165) is 58.1 Å². The zero-order valence-electron chi connectivity index (χ0n) is 21.7. The molecule has 7 nitrogen and oxygen atoms in total. The van der Waals surface area contributed by atoms with Crippen LogP contribution < -0.4 is 9.62 Å². The summed E-state index contributed by atoms with van der Waals surface area (Å²) in [4.78, 5) is 28.5. The first-order valence-electron chi connectivity index (χ1n) is 12.7. The van der Waals surface area contributed by atoms with Crippen LogP contribution in [0.2, 0.25) is 0 Å². The summed E-state index contributed by atoms with van der Waals surface area (Å²) >= 11 is 0. The Labute approximate surface area is 219 Å². The van der Waals surface area contributed by atoms with Crippen molar-refractivity contribution in [2.75, 3.05) is 17.1 Å². The Balaban J connectivity index is 1.65. The number of carbonyl (C=O) groups is 2. The van der Waals surface area contributed by atoms with Gasteiger partial charge in [-0.05, 0) is 43.7 Å². The monoisotopic (exact) mass is 521 g/mol. The minimum atomic E-state index is -3.80. The van der Waals surface area contributed by atoms with Gasteiger partial charge in [0.1, 0.15) is 12.6 Å². The molecule has 3 aromatic carbocycles. The second kappa shape index (κ2) is 11.3. The standard InChI is InChI=1S/C29H35N3O4S/c1-21-15-17-23(18-16-21)19-31(22(2)29(34)30-25-11-5-6-12-25)28(33)20-32(37(3,35)36)27-14-8-10-24-9-4-7-13-26(24)27/h4,7-10,13-18,22,25H,5-6,11-12,19-20H2,1-3H3,(H,30,34)/t22-/m0/s1. The molecule has 1 atom stereocenters. The van der Waals surface area contributed by atoms with E-state index in [1.807, 2.05) is 61.5 Å². The van der Waals surface area contributed by atoms with Gasteiger partial charge in [0.05, 0.1) is 11.9 Å². The molecule has 0 saturated heterocycles. The molecule has 0 unspecified atom stereocenters. The number of hydrogen-bond donors (Lipinski definition) is 1. The Bertz CT molecular complexity index is 1360. The smallest absolute Gasteiger partial charge is 0.244 e. The molecule has 0 spiro atoms. The highest BCUT2D eigenvalue weighted by Gasteiger charge is 2.31. The Hall–Kier alpha value is -3.39. The first-order chi connectivity index (χ1) is 17.6. The minimum Gasteiger partial charge on any atom is -0.352 e. The van der Waals surface area contributed by atoms with Gasteiger partial charge in [0, 0.05) is 18.0 Å². The summed E-state index contributed by atoms with van der Waals surface area (Å²) in [7, 11) is -3.80. The molecule has 2 amide bonds.